The summed E-state index contributed by atoms with van der Waals surface area (Å²) in [5.41, 5.74) is 5.02. The lowest BCUT2D eigenvalue weighted by molar-refractivity contribution is -0.659. The van der Waals surface area contributed by atoms with Crippen LogP contribution in [-0.4, -0.2) is 36.0 Å². The van der Waals surface area contributed by atoms with Gasteiger partial charge in [0.2, 0.25) is 5.52 Å². The van der Waals surface area contributed by atoms with Crippen LogP contribution in [0.3, 0.4) is 0 Å². The zero-order chi connectivity index (χ0) is 30.0. The molecule has 2 heterocycles. The predicted molar refractivity (Wildman–Crippen MR) is 189 cm³/mol. The molecule has 0 radical (unpaired) electrons. The third-order valence-corrected chi connectivity index (χ3v) is 9.84. The lowest BCUT2D eigenvalue weighted by Crippen LogP contribution is -2.35. The number of para-hydroxylation sites is 2. The van der Waals surface area contributed by atoms with Crippen molar-refractivity contribution in [2.45, 2.75) is 24.4 Å². The van der Waals surface area contributed by atoms with Crippen LogP contribution < -0.4 is 9.88 Å². The van der Waals surface area contributed by atoms with Crippen molar-refractivity contribution in [3.05, 3.63) is 155 Å². The van der Waals surface area contributed by atoms with E-state index in [1.807, 2.05) is 11.3 Å². The Hall–Kier alpha value is -4.26. The first-order valence-electron chi connectivity index (χ1n) is 15.2. The van der Waals surface area contributed by atoms with Gasteiger partial charge in [-0.15, -0.1) is 0 Å². The Kier molecular flexibility index (Phi) is 10.1. The van der Waals surface area contributed by atoms with Crippen LogP contribution in [0.25, 0.3) is 16.3 Å². The van der Waals surface area contributed by atoms with Crippen molar-refractivity contribution in [3.8, 4) is 0 Å². The molecule has 0 aliphatic carbocycles. The molecule has 1 aliphatic rings. The SMILES string of the molecule is C=C(/C=C/N1CCCN(/C=C/c2sc3ccccc3[n+]2Cc2ccccc2)CC1)Sc1ccccc1NCc1ccccc1. The van der Waals surface area contributed by atoms with E-state index < -0.39 is 0 Å². The number of benzene rings is 4. The predicted octanol–water partition coefficient (Wildman–Crippen LogP) is 8.65. The van der Waals surface area contributed by atoms with Crippen molar-refractivity contribution in [2.75, 3.05) is 31.5 Å². The van der Waals surface area contributed by atoms with Crippen molar-refractivity contribution < 1.29 is 4.57 Å². The van der Waals surface area contributed by atoms with E-state index in [9.17, 15) is 0 Å². The summed E-state index contributed by atoms with van der Waals surface area (Å²) < 4.78 is 3.76. The normalized spacial score (nSPS) is 14.0. The van der Waals surface area contributed by atoms with E-state index in [0.717, 1.165) is 56.3 Å². The molecule has 1 N–H and O–H groups in total. The Balaban J connectivity index is 1.05. The number of fused-ring (bicyclic) bond motifs is 1. The van der Waals surface area contributed by atoms with Crippen LogP contribution in [0.4, 0.5) is 5.69 Å². The molecule has 5 aromatic rings. The number of hydrogen-bond donors (Lipinski definition) is 1. The Morgan fingerprint density at radius 3 is 2.23 bits per heavy atom. The van der Waals surface area contributed by atoms with Crippen molar-refractivity contribution in [2.24, 2.45) is 0 Å². The highest BCUT2D eigenvalue weighted by molar-refractivity contribution is 8.03. The minimum atomic E-state index is 0.801. The molecule has 1 aliphatic heterocycles. The fourth-order valence-corrected chi connectivity index (χ4v) is 7.25. The van der Waals surface area contributed by atoms with Gasteiger partial charge in [0.1, 0.15) is 4.70 Å². The van der Waals surface area contributed by atoms with Gasteiger partial charge in [-0.2, -0.15) is 4.57 Å². The molecule has 0 amide bonds. The monoisotopic (exact) mass is 615 g/mol. The van der Waals surface area contributed by atoms with Crippen LogP contribution >= 0.6 is 23.1 Å². The van der Waals surface area contributed by atoms with Crippen LogP contribution in [0.2, 0.25) is 0 Å². The number of nitrogens with one attached hydrogen (secondary N) is 1. The maximum Gasteiger partial charge on any atom is 0.264 e. The average Bonchev–Trinajstić information content (AvgIpc) is 3.24. The molecule has 4 aromatic carbocycles. The summed E-state index contributed by atoms with van der Waals surface area (Å²) in [5.74, 6) is 0. The molecule has 6 heteroatoms. The van der Waals surface area contributed by atoms with Gasteiger partial charge in [0.25, 0.3) is 5.01 Å². The van der Waals surface area contributed by atoms with Gasteiger partial charge in [0.15, 0.2) is 6.54 Å². The highest BCUT2D eigenvalue weighted by Gasteiger charge is 2.19. The van der Waals surface area contributed by atoms with Gasteiger partial charge >= 0.3 is 0 Å². The van der Waals surface area contributed by atoms with Crippen LogP contribution in [0, 0.1) is 0 Å². The lowest BCUT2D eigenvalue weighted by atomic mass is 10.2. The second kappa shape index (κ2) is 15.0. The highest BCUT2D eigenvalue weighted by atomic mass is 32.2. The number of aromatic nitrogens is 1. The topological polar surface area (TPSA) is 22.4 Å². The first-order chi connectivity index (χ1) is 21.7. The number of anilines is 1. The second-order valence-electron chi connectivity index (χ2n) is 10.9. The van der Waals surface area contributed by atoms with E-state index in [0.29, 0.717) is 0 Å². The third kappa shape index (κ3) is 8.01. The summed E-state index contributed by atoms with van der Waals surface area (Å²) >= 11 is 3.58. The van der Waals surface area contributed by atoms with Gasteiger partial charge < -0.3 is 15.1 Å². The molecule has 0 saturated carbocycles. The van der Waals surface area contributed by atoms with E-state index in [4.69, 9.17) is 0 Å². The number of thiazole rings is 1. The Bertz CT molecular complexity index is 1730. The zero-order valence-corrected chi connectivity index (χ0v) is 26.6. The number of thioether (sulfide) groups is 1. The number of nitrogens with zero attached hydrogens (tertiary/aromatic N) is 3. The van der Waals surface area contributed by atoms with Gasteiger partial charge in [-0.05, 0) is 36.3 Å². The molecule has 1 saturated heterocycles. The molecule has 44 heavy (non-hydrogen) atoms. The molecule has 0 spiro atoms. The van der Waals surface area contributed by atoms with Crippen molar-refractivity contribution >= 4 is 45.1 Å². The molecule has 4 nitrogen and oxygen atoms in total. The maximum atomic E-state index is 4.35. The van der Waals surface area contributed by atoms with E-state index in [2.05, 4.69) is 160 Å². The average molecular weight is 616 g/mol. The third-order valence-electron chi connectivity index (χ3n) is 7.74. The minimum Gasteiger partial charge on any atom is -0.380 e. The molecular weight excluding hydrogens is 577 g/mol. The van der Waals surface area contributed by atoms with Gasteiger partial charge in [0.05, 0.1) is 0 Å². The van der Waals surface area contributed by atoms with Crippen LogP contribution in [0.1, 0.15) is 22.6 Å². The van der Waals surface area contributed by atoms with Gasteiger partial charge in [-0.3, -0.25) is 0 Å². The van der Waals surface area contributed by atoms with Gasteiger partial charge in [0, 0.05) is 78.3 Å². The summed E-state index contributed by atoms with van der Waals surface area (Å²) in [4.78, 5) is 7.11. The summed E-state index contributed by atoms with van der Waals surface area (Å²) in [6, 6.07) is 38.4. The zero-order valence-electron chi connectivity index (χ0n) is 25.0. The van der Waals surface area contributed by atoms with Crippen LogP contribution in [-0.2, 0) is 13.1 Å². The molecule has 1 aromatic heterocycles. The molecule has 1 fully saturated rings. The fourth-order valence-electron chi connectivity index (χ4n) is 5.39. The first-order valence-corrected chi connectivity index (χ1v) is 16.9. The Morgan fingerprint density at radius 1 is 0.773 bits per heavy atom. The van der Waals surface area contributed by atoms with Crippen molar-refractivity contribution in [3.63, 3.8) is 0 Å². The van der Waals surface area contributed by atoms with E-state index >= 15 is 0 Å². The van der Waals surface area contributed by atoms with Gasteiger partial charge in [-0.25, -0.2) is 0 Å². The number of allylic oxidation sites excluding steroid dienone is 1. The Labute approximate surface area is 269 Å². The van der Waals surface area contributed by atoms with Crippen molar-refractivity contribution in [1.29, 1.82) is 0 Å². The highest BCUT2D eigenvalue weighted by Crippen LogP contribution is 2.33. The second-order valence-corrected chi connectivity index (χ2v) is 13.2. The van der Waals surface area contributed by atoms with Gasteiger partial charge in [-0.1, -0.05) is 115 Å². The van der Waals surface area contributed by atoms with Crippen LogP contribution in [0.5, 0.6) is 0 Å². The summed E-state index contributed by atoms with van der Waals surface area (Å²) in [7, 11) is 0. The van der Waals surface area contributed by atoms with E-state index in [1.54, 1.807) is 11.8 Å². The van der Waals surface area contributed by atoms with Crippen LogP contribution in [0.15, 0.2) is 144 Å². The summed E-state index contributed by atoms with van der Waals surface area (Å²) in [6.07, 6.45) is 10.1. The van der Waals surface area contributed by atoms with E-state index in [1.165, 1.54) is 31.2 Å². The fraction of sp³-hybridized carbons (Fsp3) is 0.184. The maximum absolute atomic E-state index is 4.35. The number of rotatable bonds is 11. The molecule has 6 rings (SSSR count). The quantitative estimate of drug-likeness (QED) is 0.0912. The molecule has 222 valence electrons. The minimum absolute atomic E-state index is 0.801. The molecule has 0 unspecified atom stereocenters. The molecule has 0 atom stereocenters. The standard InChI is InChI=1S/C38H39N4S2/c1-31(43-36-19-10-8-17-34(36)39-29-32-13-4-2-5-14-32)21-25-40-23-12-24-41(28-27-40)26-22-38-42(30-33-15-6-3-7-16-33)35-18-9-11-20-37(35)44-38/h2-11,13-22,25-26,39H,1,12,23-24,27-30H2/q+1/b25-21+. The summed E-state index contributed by atoms with van der Waals surface area (Å²) in [6.45, 7) is 10.1. The first kappa shape index (κ1) is 29.8. The smallest absolute Gasteiger partial charge is 0.264 e. The van der Waals surface area contributed by atoms with Crippen molar-refractivity contribution in [1.82, 2.24) is 9.80 Å². The number of hydrogen-bond acceptors (Lipinski definition) is 5. The lowest BCUT2D eigenvalue weighted by Gasteiger charge is -2.19. The largest absolute Gasteiger partial charge is 0.380 e. The molecule has 0 bridgehead atoms. The molecular formula is C38H39N4S2+. The van der Waals surface area contributed by atoms with E-state index in [-0.39, 0.29) is 0 Å². The Morgan fingerprint density at radius 2 is 1.43 bits per heavy atom. The summed E-state index contributed by atoms with van der Waals surface area (Å²) in [5, 5.41) is 4.87.